The average Bonchev–Trinajstić information content (AvgIpc) is 3.52. The number of aliphatic hydroxyl groups is 1. The third-order valence-corrected chi connectivity index (χ3v) is 8.55. The molecule has 39 heavy (non-hydrogen) atoms. The van der Waals surface area contributed by atoms with E-state index in [1.807, 2.05) is 0 Å². The molecule has 0 bridgehead atoms. The average molecular weight is 532 g/mol. The maximum Gasteiger partial charge on any atom is 0.343 e. The van der Waals surface area contributed by atoms with Gasteiger partial charge in [0.05, 0.1) is 35.6 Å². The molecular formula is C29H26FN3O6. The molecule has 0 amide bonds. The lowest BCUT2D eigenvalue weighted by Gasteiger charge is -2.31. The molecule has 9 nitrogen and oxygen atoms in total. The highest BCUT2D eigenvalue weighted by molar-refractivity contribution is 5.93. The number of furan rings is 1. The van der Waals surface area contributed by atoms with Gasteiger partial charge in [-0.25, -0.2) is 14.2 Å². The standard InChI is InChI=1S/C29H26FN3O6/c1-3-29(37)18-8-22-26-16(11-33(22)27(35)17(18)12-38-28(29)36)25-20(31-10-14-4-7-23(34)39-14)6-5-15-13(2)19(30)9-21(32-26)24(15)25/h4,7-9,20,31,34,37H,3,5-6,10-12H2,1-2H3/t20-,29-/m0/s1. The number of carbonyl (C=O) groups is 1. The SMILES string of the molecule is CC[C@@]1(O)C(=O)OCc2c1cc1n(c2=O)Cc2c-1nc1cc(F)c(C)c3c1c2[C@@H](NCc1ccc(O)o1)CC3. The minimum atomic E-state index is -1.93. The molecule has 3 aromatic heterocycles. The smallest absolute Gasteiger partial charge is 0.343 e. The molecule has 10 heteroatoms. The Hall–Kier alpha value is -4.02. The van der Waals surface area contributed by atoms with Crippen LogP contribution < -0.4 is 10.9 Å². The summed E-state index contributed by atoms with van der Waals surface area (Å²) in [5.74, 6) is -0.701. The predicted molar refractivity (Wildman–Crippen MR) is 137 cm³/mol. The topological polar surface area (TPSA) is 127 Å². The Bertz CT molecular complexity index is 1790. The number of halogens is 1. The van der Waals surface area contributed by atoms with Gasteiger partial charge < -0.3 is 29.3 Å². The minimum absolute atomic E-state index is 0.0488. The summed E-state index contributed by atoms with van der Waals surface area (Å²) >= 11 is 0. The number of ether oxygens (including phenoxy) is 1. The van der Waals surface area contributed by atoms with E-state index < -0.39 is 11.6 Å². The van der Waals surface area contributed by atoms with Crippen LogP contribution in [0.2, 0.25) is 0 Å². The van der Waals surface area contributed by atoms with Crippen molar-refractivity contribution in [2.45, 2.75) is 64.4 Å². The molecule has 200 valence electrons. The number of hydrogen-bond donors (Lipinski definition) is 3. The van der Waals surface area contributed by atoms with E-state index >= 15 is 4.39 Å². The number of aromatic nitrogens is 2. The van der Waals surface area contributed by atoms with Crippen molar-refractivity contribution in [1.29, 1.82) is 0 Å². The number of aryl methyl sites for hydroxylation is 1. The summed E-state index contributed by atoms with van der Waals surface area (Å²) in [6, 6.07) is 6.14. The van der Waals surface area contributed by atoms with E-state index in [9.17, 15) is 19.8 Å². The number of benzene rings is 1. The fourth-order valence-electron chi connectivity index (χ4n) is 6.44. The number of aromatic hydroxyl groups is 1. The molecule has 1 aromatic carbocycles. The maximum absolute atomic E-state index is 15.0. The number of nitrogens with one attached hydrogen (secondary N) is 1. The Labute approximate surface area is 221 Å². The largest absolute Gasteiger partial charge is 0.481 e. The van der Waals surface area contributed by atoms with Crippen molar-refractivity contribution in [3.63, 3.8) is 0 Å². The number of nitrogens with zero attached hydrogens (tertiary/aromatic N) is 2. The zero-order chi connectivity index (χ0) is 27.2. The summed E-state index contributed by atoms with van der Waals surface area (Å²) in [4.78, 5) is 31.1. The number of cyclic esters (lactones) is 1. The second-order valence-electron chi connectivity index (χ2n) is 10.5. The zero-order valence-corrected chi connectivity index (χ0v) is 21.4. The van der Waals surface area contributed by atoms with Gasteiger partial charge >= 0.3 is 5.97 Å². The van der Waals surface area contributed by atoms with E-state index in [0.29, 0.717) is 47.6 Å². The third kappa shape index (κ3) is 3.28. The molecule has 0 saturated carbocycles. The molecule has 2 aliphatic heterocycles. The van der Waals surface area contributed by atoms with Gasteiger partial charge in [-0.05, 0) is 55.0 Å². The molecule has 0 spiro atoms. The van der Waals surface area contributed by atoms with Gasteiger partial charge in [0.2, 0.25) is 0 Å². The lowest BCUT2D eigenvalue weighted by molar-refractivity contribution is -0.172. The molecule has 1 aliphatic carbocycles. The lowest BCUT2D eigenvalue weighted by Crippen LogP contribution is -2.44. The van der Waals surface area contributed by atoms with Crippen molar-refractivity contribution in [1.82, 2.24) is 14.9 Å². The molecule has 0 fully saturated rings. The van der Waals surface area contributed by atoms with Gasteiger partial charge in [-0.3, -0.25) is 4.79 Å². The quantitative estimate of drug-likeness (QED) is 0.300. The summed E-state index contributed by atoms with van der Waals surface area (Å²) in [5, 5.41) is 25.2. The Kier molecular flexibility index (Phi) is 5.08. The normalized spacial score (nSPS) is 21.0. The van der Waals surface area contributed by atoms with Crippen LogP contribution in [0.15, 0.2) is 33.5 Å². The molecule has 4 aromatic rings. The van der Waals surface area contributed by atoms with Crippen molar-refractivity contribution in [2.24, 2.45) is 0 Å². The first-order valence-electron chi connectivity index (χ1n) is 13.0. The Balaban J connectivity index is 1.45. The lowest BCUT2D eigenvalue weighted by atomic mass is 9.81. The highest BCUT2D eigenvalue weighted by atomic mass is 19.1. The van der Waals surface area contributed by atoms with Crippen LogP contribution in [0.4, 0.5) is 4.39 Å². The van der Waals surface area contributed by atoms with Gasteiger partial charge in [0.15, 0.2) is 5.60 Å². The first kappa shape index (κ1) is 24.1. The number of fused-ring (bicyclic) bond motifs is 5. The van der Waals surface area contributed by atoms with Crippen molar-refractivity contribution >= 4 is 16.9 Å². The van der Waals surface area contributed by atoms with E-state index in [1.54, 1.807) is 30.5 Å². The molecule has 2 atom stereocenters. The van der Waals surface area contributed by atoms with Crippen molar-refractivity contribution in [3.05, 3.63) is 79.6 Å². The van der Waals surface area contributed by atoms with Gasteiger partial charge in [0.1, 0.15) is 18.2 Å². The first-order chi connectivity index (χ1) is 18.7. The number of esters is 1. The maximum atomic E-state index is 15.0. The van der Waals surface area contributed by atoms with E-state index in [1.165, 1.54) is 12.1 Å². The molecule has 5 heterocycles. The Morgan fingerprint density at radius 1 is 1.23 bits per heavy atom. The van der Waals surface area contributed by atoms with Gasteiger partial charge in [0, 0.05) is 34.7 Å². The highest BCUT2D eigenvalue weighted by Gasteiger charge is 2.46. The van der Waals surface area contributed by atoms with Gasteiger partial charge in [-0.1, -0.05) is 6.92 Å². The van der Waals surface area contributed by atoms with E-state index in [0.717, 1.165) is 22.1 Å². The Morgan fingerprint density at radius 2 is 2.05 bits per heavy atom. The monoisotopic (exact) mass is 531 g/mol. The van der Waals surface area contributed by atoms with E-state index in [2.05, 4.69) is 5.32 Å². The highest BCUT2D eigenvalue weighted by Crippen LogP contribution is 2.46. The van der Waals surface area contributed by atoms with Gasteiger partial charge in [0.25, 0.3) is 11.5 Å². The van der Waals surface area contributed by atoms with Crippen LogP contribution in [0.25, 0.3) is 22.3 Å². The van der Waals surface area contributed by atoms with Crippen LogP contribution in [0.3, 0.4) is 0 Å². The van der Waals surface area contributed by atoms with Crippen LogP contribution in [-0.2, 0) is 41.2 Å². The van der Waals surface area contributed by atoms with E-state index in [-0.39, 0.29) is 54.1 Å². The van der Waals surface area contributed by atoms with Crippen LogP contribution in [0, 0.1) is 12.7 Å². The number of pyridine rings is 2. The number of rotatable bonds is 4. The van der Waals surface area contributed by atoms with Crippen molar-refractivity contribution in [2.75, 3.05) is 0 Å². The third-order valence-electron chi connectivity index (χ3n) is 8.55. The molecule has 0 radical (unpaired) electrons. The Morgan fingerprint density at radius 3 is 2.79 bits per heavy atom. The van der Waals surface area contributed by atoms with Crippen LogP contribution >= 0.6 is 0 Å². The molecule has 3 N–H and O–H groups in total. The second kappa shape index (κ2) is 8.24. The summed E-state index contributed by atoms with van der Waals surface area (Å²) in [7, 11) is 0. The molecule has 7 rings (SSSR count). The molecular weight excluding hydrogens is 505 g/mol. The fraction of sp³-hybridized carbons (Fsp3) is 0.345. The van der Waals surface area contributed by atoms with Crippen LogP contribution in [-0.4, -0.2) is 25.7 Å². The van der Waals surface area contributed by atoms with Crippen LogP contribution in [0.1, 0.15) is 64.9 Å². The van der Waals surface area contributed by atoms with Crippen molar-refractivity contribution < 1.29 is 28.6 Å². The minimum Gasteiger partial charge on any atom is -0.481 e. The summed E-state index contributed by atoms with van der Waals surface area (Å²) in [6.07, 6.45) is 1.39. The van der Waals surface area contributed by atoms with Gasteiger partial charge in [-0.15, -0.1) is 0 Å². The van der Waals surface area contributed by atoms with Crippen LogP contribution in [0.5, 0.6) is 5.95 Å². The first-order valence-corrected chi connectivity index (χ1v) is 13.0. The zero-order valence-electron chi connectivity index (χ0n) is 21.4. The fourth-order valence-corrected chi connectivity index (χ4v) is 6.44. The summed E-state index contributed by atoms with van der Waals surface area (Å²) in [6.45, 7) is 3.85. The second-order valence-corrected chi connectivity index (χ2v) is 10.5. The molecule has 0 saturated heterocycles. The van der Waals surface area contributed by atoms with Crippen molar-refractivity contribution in [3.8, 4) is 17.3 Å². The molecule has 0 unspecified atom stereocenters. The summed E-state index contributed by atoms with van der Waals surface area (Å²) in [5.41, 5.74) is 3.04. The van der Waals surface area contributed by atoms with Gasteiger partial charge in [-0.2, -0.15) is 0 Å². The number of carbonyl (C=O) groups excluding carboxylic acids is 1. The van der Waals surface area contributed by atoms with E-state index in [4.69, 9.17) is 14.1 Å². The predicted octanol–water partition coefficient (Wildman–Crippen LogP) is 3.60. The number of hydrogen-bond acceptors (Lipinski definition) is 8. The summed E-state index contributed by atoms with van der Waals surface area (Å²) < 4.78 is 27.1. The molecule has 3 aliphatic rings.